The SMILES string of the molecule is CN1CCN(C(=O)[C@H](OCc2ccccc2)[C@@H](OCc2ccccc2)[C@H](O)[C@](O)(C=O)COCc2ccccc2)CC1. The second kappa shape index (κ2) is 15.7. The summed E-state index contributed by atoms with van der Waals surface area (Å²) in [4.78, 5) is 30.1. The van der Waals surface area contributed by atoms with Gasteiger partial charge in [0.2, 0.25) is 0 Å². The average molecular weight is 577 g/mol. The first kappa shape index (κ1) is 31.5. The normalized spacial score (nSPS) is 17.6. The summed E-state index contributed by atoms with van der Waals surface area (Å²) in [7, 11) is 1.99. The zero-order valence-corrected chi connectivity index (χ0v) is 24.0. The van der Waals surface area contributed by atoms with E-state index in [4.69, 9.17) is 14.2 Å². The quantitative estimate of drug-likeness (QED) is 0.266. The van der Waals surface area contributed by atoms with Crippen LogP contribution >= 0.6 is 0 Å². The number of benzene rings is 3. The van der Waals surface area contributed by atoms with Gasteiger partial charge in [-0.25, -0.2) is 0 Å². The van der Waals surface area contributed by atoms with E-state index in [9.17, 15) is 19.8 Å². The van der Waals surface area contributed by atoms with E-state index in [1.807, 2.05) is 98.0 Å². The van der Waals surface area contributed by atoms with E-state index >= 15 is 0 Å². The molecule has 3 aromatic rings. The number of aliphatic hydroxyl groups excluding tert-OH is 1. The molecule has 0 unspecified atom stereocenters. The van der Waals surface area contributed by atoms with Gasteiger partial charge in [0, 0.05) is 26.2 Å². The molecule has 1 saturated heterocycles. The highest BCUT2D eigenvalue weighted by molar-refractivity contribution is 5.82. The third-order valence-electron chi connectivity index (χ3n) is 7.39. The first-order chi connectivity index (χ1) is 20.4. The Kier molecular flexibility index (Phi) is 11.8. The molecule has 42 heavy (non-hydrogen) atoms. The van der Waals surface area contributed by atoms with E-state index in [1.54, 1.807) is 4.90 Å². The van der Waals surface area contributed by atoms with Crippen LogP contribution in [0.2, 0.25) is 0 Å². The number of hydrogen-bond acceptors (Lipinski definition) is 8. The number of piperazine rings is 1. The highest BCUT2D eigenvalue weighted by Gasteiger charge is 2.48. The Labute approximate surface area is 247 Å². The monoisotopic (exact) mass is 576 g/mol. The molecule has 0 aliphatic carbocycles. The van der Waals surface area contributed by atoms with Gasteiger partial charge in [-0.05, 0) is 23.7 Å². The van der Waals surface area contributed by atoms with Crippen LogP contribution in [0.25, 0.3) is 0 Å². The number of aliphatic hydroxyl groups is 2. The summed E-state index contributed by atoms with van der Waals surface area (Å²) in [5.74, 6) is -0.380. The van der Waals surface area contributed by atoms with Gasteiger partial charge in [0.05, 0.1) is 26.4 Å². The van der Waals surface area contributed by atoms with Gasteiger partial charge >= 0.3 is 0 Å². The average Bonchev–Trinajstić information content (AvgIpc) is 3.03. The predicted molar refractivity (Wildman–Crippen MR) is 157 cm³/mol. The second-order valence-electron chi connectivity index (χ2n) is 10.6. The van der Waals surface area contributed by atoms with Gasteiger partial charge in [-0.3, -0.25) is 9.59 Å². The lowest BCUT2D eigenvalue weighted by Crippen LogP contribution is -2.61. The summed E-state index contributed by atoms with van der Waals surface area (Å²) < 4.78 is 18.0. The first-order valence-corrected chi connectivity index (χ1v) is 14.2. The number of hydrogen-bond donors (Lipinski definition) is 2. The number of carbonyl (C=O) groups excluding carboxylic acids is 2. The van der Waals surface area contributed by atoms with Crippen LogP contribution in [0.4, 0.5) is 0 Å². The minimum absolute atomic E-state index is 0.0175. The van der Waals surface area contributed by atoms with Crippen LogP contribution in [0.1, 0.15) is 16.7 Å². The Morgan fingerprint density at radius 1 is 0.810 bits per heavy atom. The van der Waals surface area contributed by atoms with E-state index < -0.39 is 30.5 Å². The third kappa shape index (κ3) is 8.78. The minimum atomic E-state index is -2.37. The van der Waals surface area contributed by atoms with Gasteiger partial charge in [0.1, 0.15) is 12.2 Å². The van der Waals surface area contributed by atoms with Crippen molar-refractivity contribution in [3.05, 3.63) is 108 Å². The topological polar surface area (TPSA) is 109 Å². The van der Waals surface area contributed by atoms with Crippen molar-refractivity contribution in [2.45, 2.75) is 43.7 Å². The van der Waals surface area contributed by atoms with Crippen LogP contribution < -0.4 is 0 Å². The molecule has 0 aromatic heterocycles. The van der Waals surface area contributed by atoms with E-state index in [1.165, 1.54) is 0 Å². The molecule has 4 atom stereocenters. The molecule has 1 fully saturated rings. The molecule has 9 heteroatoms. The van der Waals surface area contributed by atoms with Gasteiger partial charge < -0.3 is 34.2 Å². The summed E-state index contributed by atoms with van der Waals surface area (Å²) in [6, 6.07) is 27.9. The van der Waals surface area contributed by atoms with Crippen LogP contribution in [0.5, 0.6) is 0 Å². The highest BCUT2D eigenvalue weighted by atomic mass is 16.6. The van der Waals surface area contributed by atoms with Crippen LogP contribution in [-0.4, -0.2) is 96.0 Å². The van der Waals surface area contributed by atoms with Crippen molar-refractivity contribution in [1.29, 1.82) is 0 Å². The molecular weight excluding hydrogens is 536 g/mol. The largest absolute Gasteiger partial charge is 0.387 e. The Morgan fingerprint density at radius 3 is 1.79 bits per heavy atom. The van der Waals surface area contributed by atoms with Crippen molar-refractivity contribution in [3.8, 4) is 0 Å². The van der Waals surface area contributed by atoms with Crippen LogP contribution in [0.3, 0.4) is 0 Å². The fraction of sp³-hybridized carbons (Fsp3) is 0.394. The maximum atomic E-state index is 14.0. The third-order valence-corrected chi connectivity index (χ3v) is 7.39. The highest BCUT2D eigenvalue weighted by Crippen LogP contribution is 2.24. The summed E-state index contributed by atoms with van der Waals surface area (Å²) in [5, 5.41) is 23.0. The molecule has 3 aromatic carbocycles. The molecular formula is C33H40N2O7. The summed E-state index contributed by atoms with van der Waals surface area (Å²) in [5.41, 5.74) is 0.0826. The Morgan fingerprint density at radius 2 is 1.29 bits per heavy atom. The molecule has 0 saturated carbocycles. The molecule has 0 radical (unpaired) electrons. The molecule has 0 spiro atoms. The lowest BCUT2D eigenvalue weighted by Gasteiger charge is -2.40. The zero-order chi connectivity index (χ0) is 29.8. The molecule has 1 heterocycles. The van der Waals surface area contributed by atoms with E-state index in [0.29, 0.717) is 26.2 Å². The van der Waals surface area contributed by atoms with Crippen molar-refractivity contribution in [3.63, 3.8) is 0 Å². The second-order valence-corrected chi connectivity index (χ2v) is 10.6. The van der Waals surface area contributed by atoms with Gasteiger partial charge in [-0.15, -0.1) is 0 Å². The van der Waals surface area contributed by atoms with Gasteiger partial charge in [0.15, 0.2) is 18.0 Å². The standard InChI is InChI=1S/C33H40N2O7/c1-34-17-19-35(20-18-34)32(38)30(42-23-28-15-9-4-10-16-28)29(41-22-27-13-7-3-8-14-27)31(37)33(39,24-36)25-40-21-26-11-5-2-6-12-26/h2-16,24,29-31,37,39H,17-23,25H2,1H3/t29-,30-,31+,33+/m1/s1. The molecule has 1 aliphatic rings. The number of likely N-dealkylation sites (N-methyl/N-ethyl adjacent to an activating group) is 1. The molecule has 224 valence electrons. The maximum Gasteiger partial charge on any atom is 0.254 e. The predicted octanol–water partition coefficient (Wildman–Crippen LogP) is 2.44. The van der Waals surface area contributed by atoms with Crippen LogP contribution in [-0.2, 0) is 43.6 Å². The van der Waals surface area contributed by atoms with Gasteiger partial charge in [-0.1, -0.05) is 91.0 Å². The lowest BCUT2D eigenvalue weighted by molar-refractivity contribution is -0.203. The van der Waals surface area contributed by atoms with Crippen LogP contribution in [0, 0.1) is 0 Å². The maximum absolute atomic E-state index is 14.0. The van der Waals surface area contributed by atoms with Crippen LogP contribution in [0.15, 0.2) is 91.0 Å². The minimum Gasteiger partial charge on any atom is -0.387 e. The van der Waals surface area contributed by atoms with Crippen molar-refractivity contribution < 1.29 is 34.0 Å². The summed E-state index contributed by atoms with van der Waals surface area (Å²) in [6.07, 6.45) is -4.30. The van der Waals surface area contributed by atoms with Crippen molar-refractivity contribution >= 4 is 12.2 Å². The van der Waals surface area contributed by atoms with E-state index in [0.717, 1.165) is 16.7 Å². The Hall–Kier alpha value is -3.44. The molecule has 1 amide bonds. The number of rotatable bonds is 15. The molecule has 1 aliphatic heterocycles. The number of ether oxygens (including phenoxy) is 3. The zero-order valence-electron chi connectivity index (χ0n) is 24.0. The van der Waals surface area contributed by atoms with Crippen molar-refractivity contribution in [1.82, 2.24) is 9.80 Å². The fourth-order valence-corrected chi connectivity index (χ4v) is 4.76. The molecule has 0 bridgehead atoms. The number of amides is 1. The van der Waals surface area contributed by atoms with Crippen molar-refractivity contribution in [2.75, 3.05) is 39.8 Å². The fourth-order valence-electron chi connectivity index (χ4n) is 4.76. The first-order valence-electron chi connectivity index (χ1n) is 14.2. The smallest absolute Gasteiger partial charge is 0.254 e. The Bertz CT molecular complexity index is 1220. The Balaban J connectivity index is 1.60. The number of aldehydes is 1. The summed E-state index contributed by atoms with van der Waals surface area (Å²) in [6.45, 7) is 2.00. The lowest BCUT2D eigenvalue weighted by atomic mass is 9.91. The molecule has 2 N–H and O–H groups in total. The molecule has 9 nitrogen and oxygen atoms in total. The summed E-state index contributed by atoms with van der Waals surface area (Å²) >= 11 is 0. The number of nitrogens with zero attached hydrogens (tertiary/aromatic N) is 2. The number of carbonyl (C=O) groups is 2. The van der Waals surface area contributed by atoms with E-state index in [-0.39, 0.29) is 32.0 Å². The van der Waals surface area contributed by atoms with E-state index in [2.05, 4.69) is 4.90 Å². The van der Waals surface area contributed by atoms with Gasteiger partial charge in [-0.2, -0.15) is 0 Å². The molecule has 4 rings (SSSR count). The van der Waals surface area contributed by atoms with Gasteiger partial charge in [0.25, 0.3) is 5.91 Å². The van der Waals surface area contributed by atoms with Crippen molar-refractivity contribution in [2.24, 2.45) is 0 Å².